The standard InChI is InChI=1S/C30H29F3N4O3S/c1-20-9-13-25(14-10-20)36(41(39,40)26-15-11-21(2)12-16-26)19-29(38)35-34-18-24-17-22(3)37(23(24)4)28-8-6-5-7-27(28)30(31,32)33/h5-18H,19H2,1-4H3,(H,35,38)/b34-18-. The van der Waals surface area contributed by atoms with Crippen LogP contribution in [0.15, 0.2) is 88.9 Å². The lowest BCUT2D eigenvalue weighted by Gasteiger charge is -2.24. The third-order valence-electron chi connectivity index (χ3n) is 6.53. The molecule has 1 amide bonds. The van der Waals surface area contributed by atoms with Crippen LogP contribution < -0.4 is 9.73 Å². The van der Waals surface area contributed by atoms with Gasteiger partial charge in [-0.1, -0.05) is 47.5 Å². The van der Waals surface area contributed by atoms with Crippen molar-refractivity contribution in [2.75, 3.05) is 10.8 Å². The summed E-state index contributed by atoms with van der Waals surface area (Å²) in [4.78, 5) is 12.9. The predicted molar refractivity (Wildman–Crippen MR) is 153 cm³/mol. The van der Waals surface area contributed by atoms with Crippen molar-refractivity contribution in [2.45, 2.75) is 38.8 Å². The number of carbonyl (C=O) groups excluding carboxylic acids is 1. The summed E-state index contributed by atoms with van der Waals surface area (Å²) in [5, 5.41) is 3.97. The zero-order chi connectivity index (χ0) is 29.9. The van der Waals surface area contributed by atoms with E-state index in [2.05, 4.69) is 10.5 Å². The Morgan fingerprint density at radius 3 is 2.12 bits per heavy atom. The summed E-state index contributed by atoms with van der Waals surface area (Å²) in [6.45, 7) is 6.48. The lowest BCUT2D eigenvalue weighted by atomic mass is 10.1. The highest BCUT2D eigenvalue weighted by Gasteiger charge is 2.34. The third-order valence-corrected chi connectivity index (χ3v) is 8.32. The summed E-state index contributed by atoms with van der Waals surface area (Å²) in [5.41, 5.74) is 5.18. The highest BCUT2D eigenvalue weighted by molar-refractivity contribution is 7.92. The monoisotopic (exact) mass is 582 g/mol. The Morgan fingerprint density at radius 2 is 1.51 bits per heavy atom. The number of carbonyl (C=O) groups is 1. The summed E-state index contributed by atoms with van der Waals surface area (Å²) < 4.78 is 70.3. The van der Waals surface area contributed by atoms with E-state index in [1.807, 2.05) is 13.8 Å². The maximum Gasteiger partial charge on any atom is 0.418 e. The molecule has 1 heterocycles. The summed E-state index contributed by atoms with van der Waals surface area (Å²) in [6.07, 6.45) is -3.22. The molecule has 0 radical (unpaired) electrons. The Morgan fingerprint density at radius 1 is 0.927 bits per heavy atom. The van der Waals surface area contributed by atoms with Gasteiger partial charge in [-0.15, -0.1) is 0 Å². The number of benzene rings is 3. The first-order chi connectivity index (χ1) is 19.3. The van der Waals surface area contributed by atoms with Gasteiger partial charge in [0, 0.05) is 17.0 Å². The molecule has 0 aliphatic heterocycles. The molecule has 0 bridgehead atoms. The maximum atomic E-state index is 13.6. The Kier molecular flexibility index (Phi) is 8.39. The fraction of sp³-hybridized carbons (Fsp3) is 0.200. The first-order valence-corrected chi connectivity index (χ1v) is 14.1. The zero-order valence-electron chi connectivity index (χ0n) is 22.9. The van der Waals surface area contributed by atoms with Crippen molar-refractivity contribution in [3.8, 4) is 5.69 Å². The second kappa shape index (κ2) is 11.6. The maximum absolute atomic E-state index is 13.6. The van der Waals surface area contributed by atoms with Crippen LogP contribution in [0.1, 0.15) is 33.6 Å². The molecule has 214 valence electrons. The number of aryl methyl sites for hydroxylation is 3. The number of hydrogen-bond acceptors (Lipinski definition) is 4. The van der Waals surface area contributed by atoms with E-state index in [9.17, 15) is 26.4 Å². The van der Waals surface area contributed by atoms with Crippen LogP contribution in [0.2, 0.25) is 0 Å². The molecule has 11 heteroatoms. The lowest BCUT2D eigenvalue weighted by molar-refractivity contribution is -0.137. The van der Waals surface area contributed by atoms with Crippen LogP contribution in [-0.2, 0) is 21.0 Å². The van der Waals surface area contributed by atoms with Gasteiger partial charge in [-0.25, -0.2) is 13.8 Å². The average Bonchev–Trinajstić information content (AvgIpc) is 3.20. The average molecular weight is 583 g/mol. The number of amides is 1. The minimum atomic E-state index is -4.54. The minimum absolute atomic E-state index is 0.0197. The van der Waals surface area contributed by atoms with Crippen molar-refractivity contribution in [2.24, 2.45) is 5.10 Å². The summed E-state index contributed by atoms with van der Waals surface area (Å²) in [5.74, 6) is -0.700. The van der Waals surface area contributed by atoms with E-state index in [1.165, 1.54) is 41.1 Å². The van der Waals surface area contributed by atoms with Gasteiger partial charge in [0.05, 0.1) is 28.0 Å². The van der Waals surface area contributed by atoms with E-state index in [0.717, 1.165) is 21.5 Å². The van der Waals surface area contributed by atoms with Crippen LogP contribution in [0.3, 0.4) is 0 Å². The number of halogens is 3. The largest absolute Gasteiger partial charge is 0.418 e. The summed E-state index contributed by atoms with van der Waals surface area (Å²) >= 11 is 0. The Balaban J connectivity index is 1.57. The van der Waals surface area contributed by atoms with Gasteiger partial charge in [-0.05, 0) is 70.2 Å². The molecule has 7 nitrogen and oxygen atoms in total. The number of alkyl halides is 3. The fourth-order valence-corrected chi connectivity index (χ4v) is 5.82. The summed E-state index contributed by atoms with van der Waals surface area (Å²) in [6, 6.07) is 20.0. The molecule has 0 saturated heterocycles. The first kappa shape index (κ1) is 29.6. The van der Waals surface area contributed by atoms with Crippen LogP contribution in [0, 0.1) is 27.7 Å². The van der Waals surface area contributed by atoms with Crippen molar-refractivity contribution < 1.29 is 26.4 Å². The van der Waals surface area contributed by atoms with Crippen LogP contribution in [0.25, 0.3) is 5.69 Å². The number of hydrogen-bond donors (Lipinski definition) is 1. The van der Waals surface area contributed by atoms with Gasteiger partial charge in [0.15, 0.2) is 0 Å². The van der Waals surface area contributed by atoms with Crippen molar-refractivity contribution >= 4 is 27.8 Å². The molecule has 4 rings (SSSR count). The molecule has 0 saturated carbocycles. The van der Waals surface area contributed by atoms with Crippen LogP contribution in [-0.4, -0.2) is 31.7 Å². The molecule has 41 heavy (non-hydrogen) atoms. The minimum Gasteiger partial charge on any atom is -0.317 e. The Bertz CT molecular complexity index is 1690. The third kappa shape index (κ3) is 6.51. The van der Waals surface area contributed by atoms with Crippen LogP contribution >= 0.6 is 0 Å². The van der Waals surface area contributed by atoms with Gasteiger partial charge in [0.2, 0.25) is 0 Å². The highest BCUT2D eigenvalue weighted by atomic mass is 32.2. The van der Waals surface area contributed by atoms with Crippen molar-refractivity contribution in [3.63, 3.8) is 0 Å². The van der Waals surface area contributed by atoms with Gasteiger partial charge >= 0.3 is 6.18 Å². The second-order valence-corrected chi connectivity index (χ2v) is 11.5. The number of nitrogens with one attached hydrogen (secondary N) is 1. The van der Waals surface area contributed by atoms with Crippen molar-refractivity contribution in [1.82, 2.24) is 9.99 Å². The molecular formula is C30H29F3N4O3S. The van der Waals surface area contributed by atoms with E-state index in [0.29, 0.717) is 22.6 Å². The van der Waals surface area contributed by atoms with Crippen molar-refractivity contribution in [3.05, 3.63) is 113 Å². The van der Waals surface area contributed by atoms with E-state index < -0.39 is 34.2 Å². The van der Waals surface area contributed by atoms with E-state index in [1.54, 1.807) is 56.3 Å². The number of aromatic nitrogens is 1. The molecular weight excluding hydrogens is 553 g/mol. The number of hydrazone groups is 1. The Labute approximate surface area is 237 Å². The molecule has 0 aliphatic carbocycles. The highest BCUT2D eigenvalue weighted by Crippen LogP contribution is 2.35. The van der Waals surface area contributed by atoms with Gasteiger partial charge < -0.3 is 4.57 Å². The molecule has 1 aromatic heterocycles. The normalized spacial score (nSPS) is 12.1. The van der Waals surface area contributed by atoms with Crippen molar-refractivity contribution in [1.29, 1.82) is 0 Å². The van der Waals surface area contributed by atoms with Gasteiger partial charge in [0.25, 0.3) is 15.9 Å². The molecule has 3 aromatic carbocycles. The number of nitrogens with zero attached hydrogens (tertiary/aromatic N) is 3. The van der Waals surface area contributed by atoms with E-state index in [4.69, 9.17) is 0 Å². The quantitative estimate of drug-likeness (QED) is 0.202. The number of para-hydroxylation sites is 1. The number of rotatable bonds is 8. The second-order valence-electron chi connectivity index (χ2n) is 9.63. The Hall–Kier alpha value is -4.38. The fourth-order valence-electron chi connectivity index (χ4n) is 4.40. The van der Waals surface area contributed by atoms with Gasteiger partial charge in [-0.3, -0.25) is 9.10 Å². The van der Waals surface area contributed by atoms with Crippen LogP contribution in [0.4, 0.5) is 18.9 Å². The molecule has 0 spiro atoms. The lowest BCUT2D eigenvalue weighted by Crippen LogP contribution is -2.39. The van der Waals surface area contributed by atoms with E-state index in [-0.39, 0.29) is 10.6 Å². The number of anilines is 1. The molecule has 4 aromatic rings. The SMILES string of the molecule is Cc1ccc(N(CC(=O)N/N=C\c2cc(C)n(-c3ccccc3C(F)(F)F)c2C)S(=O)(=O)c2ccc(C)cc2)cc1. The van der Waals surface area contributed by atoms with Gasteiger partial charge in [-0.2, -0.15) is 18.3 Å². The topological polar surface area (TPSA) is 83.8 Å². The molecule has 0 unspecified atom stereocenters. The first-order valence-electron chi connectivity index (χ1n) is 12.6. The molecule has 0 atom stereocenters. The number of sulfonamides is 1. The molecule has 1 N–H and O–H groups in total. The molecule has 0 fully saturated rings. The molecule has 0 aliphatic rings. The zero-order valence-corrected chi connectivity index (χ0v) is 23.7. The van der Waals surface area contributed by atoms with E-state index >= 15 is 0 Å². The smallest absolute Gasteiger partial charge is 0.317 e. The predicted octanol–water partition coefficient (Wildman–Crippen LogP) is 6.08. The summed E-state index contributed by atoms with van der Waals surface area (Å²) in [7, 11) is -4.09. The van der Waals surface area contributed by atoms with Crippen LogP contribution in [0.5, 0.6) is 0 Å². The van der Waals surface area contributed by atoms with Gasteiger partial charge in [0.1, 0.15) is 6.54 Å².